The Balaban J connectivity index is 1.82. The minimum Gasteiger partial charge on any atom is -0.322 e. The van der Waals surface area contributed by atoms with Crippen LogP contribution in [-0.4, -0.2) is 51.1 Å². The smallest absolute Gasteiger partial charge is 0.264 e. The summed E-state index contributed by atoms with van der Waals surface area (Å²) in [5.74, 6) is -0.590. The second-order valence-corrected chi connectivity index (χ2v) is 11.2. The van der Waals surface area contributed by atoms with E-state index in [9.17, 15) is 21.6 Å². The molecule has 0 saturated carbocycles. The van der Waals surface area contributed by atoms with Crippen LogP contribution in [0.5, 0.6) is 0 Å². The molecule has 0 unspecified atom stereocenters. The van der Waals surface area contributed by atoms with Gasteiger partial charge in [-0.25, -0.2) is 35.8 Å². The normalized spacial score (nSPS) is 11.9. The molecule has 2 aromatic carbocycles. The topological polar surface area (TPSA) is 138 Å². The van der Waals surface area contributed by atoms with Crippen molar-refractivity contribution in [1.82, 2.24) is 14.3 Å². The van der Waals surface area contributed by atoms with Crippen molar-refractivity contribution in [2.45, 2.75) is 23.6 Å². The van der Waals surface area contributed by atoms with Crippen molar-refractivity contribution < 1.29 is 21.6 Å². The molecule has 2 N–H and O–H groups in total. The summed E-state index contributed by atoms with van der Waals surface area (Å²) >= 11 is 0. The van der Waals surface area contributed by atoms with Crippen LogP contribution in [0.15, 0.2) is 64.6 Å². The van der Waals surface area contributed by atoms with Gasteiger partial charge < -0.3 is 5.32 Å². The maximum atomic E-state index is 12.8. The number of benzene rings is 2. The maximum Gasteiger partial charge on any atom is 0.264 e. The molecule has 12 heteroatoms. The third-order valence-corrected chi connectivity index (χ3v) is 8.14. The molecule has 0 spiro atoms. The Kier molecular flexibility index (Phi) is 6.81. The Hall–Kier alpha value is -3.35. The second kappa shape index (κ2) is 9.25. The van der Waals surface area contributed by atoms with Gasteiger partial charge in [0.05, 0.1) is 9.79 Å². The van der Waals surface area contributed by atoms with Crippen molar-refractivity contribution in [3.63, 3.8) is 0 Å². The fourth-order valence-electron chi connectivity index (χ4n) is 2.87. The van der Waals surface area contributed by atoms with E-state index in [2.05, 4.69) is 20.0 Å². The molecule has 0 fully saturated rings. The molecule has 10 nitrogen and oxygen atoms in total. The molecule has 1 aromatic heterocycles. The lowest BCUT2D eigenvalue weighted by Gasteiger charge is -2.16. The van der Waals surface area contributed by atoms with Crippen molar-refractivity contribution in [2.75, 3.05) is 24.1 Å². The van der Waals surface area contributed by atoms with Gasteiger partial charge in [0.25, 0.3) is 15.9 Å². The lowest BCUT2D eigenvalue weighted by molar-refractivity contribution is 0.102. The highest BCUT2D eigenvalue weighted by atomic mass is 32.2. The third-order valence-electron chi connectivity index (χ3n) is 4.85. The van der Waals surface area contributed by atoms with E-state index in [-0.39, 0.29) is 21.3 Å². The van der Waals surface area contributed by atoms with E-state index in [0.29, 0.717) is 16.8 Å². The van der Waals surface area contributed by atoms with Gasteiger partial charge in [-0.1, -0.05) is 0 Å². The average molecular weight is 490 g/mol. The molecule has 0 radical (unpaired) electrons. The van der Waals surface area contributed by atoms with Crippen molar-refractivity contribution in [3.05, 3.63) is 71.5 Å². The number of nitrogens with zero attached hydrogens (tertiary/aromatic N) is 3. The number of anilines is 2. The van der Waals surface area contributed by atoms with E-state index >= 15 is 0 Å². The van der Waals surface area contributed by atoms with Crippen molar-refractivity contribution in [1.29, 1.82) is 0 Å². The zero-order valence-electron chi connectivity index (χ0n) is 18.4. The van der Waals surface area contributed by atoms with Crippen LogP contribution >= 0.6 is 0 Å². The summed E-state index contributed by atoms with van der Waals surface area (Å²) in [5.41, 5.74) is 1.71. The molecule has 1 amide bonds. The van der Waals surface area contributed by atoms with Crippen molar-refractivity contribution in [2.24, 2.45) is 0 Å². The van der Waals surface area contributed by atoms with E-state index in [1.54, 1.807) is 26.0 Å². The number of sulfonamides is 2. The molecule has 0 saturated heterocycles. The minimum atomic E-state index is -3.91. The molecule has 3 rings (SSSR count). The van der Waals surface area contributed by atoms with Gasteiger partial charge in [-0.05, 0) is 67.4 Å². The standard InChI is InChI=1S/C21H23N5O5S2/c1-14-12-16(13-19(15(14)2)33(30,31)26(3)4)20(27)24-17-6-8-18(9-7-17)32(28,29)25-21-22-10-5-11-23-21/h5-13H,1-4H3,(H,24,27)(H,22,23,25). The zero-order valence-corrected chi connectivity index (χ0v) is 20.0. The second-order valence-electron chi connectivity index (χ2n) is 7.36. The number of hydrogen-bond donors (Lipinski definition) is 2. The Bertz CT molecular complexity index is 1390. The molecule has 0 aliphatic carbocycles. The number of carbonyl (C=O) groups excluding carboxylic acids is 1. The number of rotatable bonds is 7. The van der Waals surface area contributed by atoms with Gasteiger partial charge in [-0.2, -0.15) is 0 Å². The molecule has 0 atom stereocenters. The first-order valence-corrected chi connectivity index (χ1v) is 12.6. The van der Waals surface area contributed by atoms with E-state index in [0.717, 1.165) is 4.31 Å². The summed E-state index contributed by atoms with van der Waals surface area (Å²) in [6.07, 6.45) is 2.82. The third kappa shape index (κ3) is 5.35. The molecule has 1 heterocycles. The van der Waals surface area contributed by atoms with Crippen LogP contribution in [0.3, 0.4) is 0 Å². The number of amides is 1. The predicted molar refractivity (Wildman–Crippen MR) is 124 cm³/mol. The van der Waals surface area contributed by atoms with Crippen LogP contribution in [-0.2, 0) is 20.0 Å². The van der Waals surface area contributed by atoms with E-state index < -0.39 is 26.0 Å². The first kappa shape index (κ1) is 24.3. The van der Waals surface area contributed by atoms with Gasteiger partial charge in [0.1, 0.15) is 0 Å². The quantitative estimate of drug-likeness (QED) is 0.520. The minimum absolute atomic E-state index is 0.0431. The van der Waals surface area contributed by atoms with Crippen LogP contribution in [0.25, 0.3) is 0 Å². The number of carbonyl (C=O) groups is 1. The monoisotopic (exact) mass is 489 g/mol. The van der Waals surface area contributed by atoms with Crippen LogP contribution < -0.4 is 10.0 Å². The Morgan fingerprint density at radius 3 is 2.12 bits per heavy atom. The number of nitrogens with one attached hydrogen (secondary N) is 2. The zero-order chi connectivity index (χ0) is 24.4. The fourth-order valence-corrected chi connectivity index (χ4v) is 5.05. The van der Waals surface area contributed by atoms with Crippen LogP contribution in [0.2, 0.25) is 0 Å². The van der Waals surface area contributed by atoms with Crippen LogP contribution in [0.4, 0.5) is 11.6 Å². The van der Waals surface area contributed by atoms with E-state index in [1.165, 1.54) is 56.8 Å². The summed E-state index contributed by atoms with van der Waals surface area (Å²) in [7, 11) is -4.80. The summed E-state index contributed by atoms with van der Waals surface area (Å²) in [6, 6.07) is 9.99. The molecule has 0 aliphatic heterocycles. The first-order chi connectivity index (χ1) is 15.4. The first-order valence-electron chi connectivity index (χ1n) is 9.67. The summed E-state index contributed by atoms with van der Waals surface area (Å²) < 4.78 is 53.5. The summed E-state index contributed by atoms with van der Waals surface area (Å²) in [6.45, 7) is 3.41. The van der Waals surface area contributed by atoms with E-state index in [4.69, 9.17) is 0 Å². The lowest BCUT2D eigenvalue weighted by Crippen LogP contribution is -2.24. The SMILES string of the molecule is Cc1cc(C(=O)Nc2ccc(S(=O)(=O)Nc3ncccn3)cc2)cc(S(=O)(=O)N(C)C)c1C. The molecule has 0 bridgehead atoms. The Morgan fingerprint density at radius 1 is 0.939 bits per heavy atom. The number of hydrogen-bond acceptors (Lipinski definition) is 7. The van der Waals surface area contributed by atoms with Gasteiger partial charge >= 0.3 is 0 Å². The highest BCUT2D eigenvalue weighted by Crippen LogP contribution is 2.24. The molecule has 0 aliphatic rings. The van der Waals surface area contributed by atoms with Gasteiger partial charge in [0.2, 0.25) is 16.0 Å². The van der Waals surface area contributed by atoms with Gasteiger partial charge in [-0.15, -0.1) is 0 Å². The molecule has 3 aromatic rings. The number of aryl methyl sites for hydroxylation is 1. The van der Waals surface area contributed by atoms with Gasteiger partial charge in [0, 0.05) is 37.7 Å². The van der Waals surface area contributed by atoms with Gasteiger partial charge in [0.15, 0.2) is 0 Å². The molecule has 174 valence electrons. The molecular weight excluding hydrogens is 466 g/mol. The summed E-state index contributed by atoms with van der Waals surface area (Å²) in [4.78, 5) is 20.4. The largest absolute Gasteiger partial charge is 0.322 e. The Labute approximate surface area is 192 Å². The molecular formula is C21H23N5O5S2. The van der Waals surface area contributed by atoms with Crippen molar-refractivity contribution >= 4 is 37.6 Å². The summed E-state index contributed by atoms with van der Waals surface area (Å²) in [5, 5.41) is 2.65. The Morgan fingerprint density at radius 2 is 1.55 bits per heavy atom. The lowest BCUT2D eigenvalue weighted by atomic mass is 10.1. The van der Waals surface area contributed by atoms with Crippen LogP contribution in [0.1, 0.15) is 21.5 Å². The predicted octanol–water partition coefficient (Wildman–Crippen LogP) is 2.40. The van der Waals surface area contributed by atoms with E-state index in [1.807, 2.05) is 0 Å². The number of aromatic nitrogens is 2. The molecule has 33 heavy (non-hydrogen) atoms. The maximum absolute atomic E-state index is 12.8. The highest BCUT2D eigenvalue weighted by molar-refractivity contribution is 7.92. The van der Waals surface area contributed by atoms with Crippen molar-refractivity contribution in [3.8, 4) is 0 Å². The van der Waals surface area contributed by atoms with Crippen LogP contribution in [0, 0.1) is 13.8 Å². The highest BCUT2D eigenvalue weighted by Gasteiger charge is 2.23. The fraction of sp³-hybridized carbons (Fsp3) is 0.190. The average Bonchev–Trinajstić information content (AvgIpc) is 2.76. The van der Waals surface area contributed by atoms with Gasteiger partial charge in [-0.3, -0.25) is 4.79 Å².